The van der Waals surface area contributed by atoms with Gasteiger partial charge in [0.05, 0.1) is 17.3 Å². The van der Waals surface area contributed by atoms with E-state index in [4.69, 9.17) is 24.9 Å². The Labute approximate surface area is 222 Å². The van der Waals surface area contributed by atoms with Gasteiger partial charge in [-0.05, 0) is 61.3 Å². The molecule has 2 aliphatic heterocycles. The van der Waals surface area contributed by atoms with Crippen LogP contribution < -0.4 is 0 Å². The van der Waals surface area contributed by atoms with Crippen LogP contribution in [0.4, 0.5) is 0 Å². The fourth-order valence-electron chi connectivity index (χ4n) is 5.38. The standard InChI is InChI=1S/C29H53ClO4Si/c1-24(2,3)18-22-27(10,11)23(21(19-31)16-14-15-17-30)35(32-22)33-28(12,25(4,5)6)20-29(13,34-35)26(7,8)9/h19,22H,14-18,20H2,1-13H3/b23-21-/t22-,28?,29?,35?/m0/s1. The summed E-state index contributed by atoms with van der Waals surface area (Å²) in [5.41, 5.74) is -0.803. The zero-order chi connectivity index (χ0) is 27.3. The van der Waals surface area contributed by atoms with Gasteiger partial charge in [0.1, 0.15) is 6.29 Å². The maximum absolute atomic E-state index is 12.7. The molecule has 0 aliphatic carbocycles. The molecular formula is C29H53ClO4Si. The second-order valence-corrected chi connectivity index (χ2v) is 17.8. The molecule has 6 heteroatoms. The third-order valence-electron chi connectivity index (χ3n) is 8.71. The van der Waals surface area contributed by atoms with Crippen molar-refractivity contribution >= 4 is 26.7 Å². The molecule has 2 heterocycles. The number of unbranched alkanes of at least 4 members (excludes halogenated alkanes) is 1. The van der Waals surface area contributed by atoms with Crippen LogP contribution in [0.2, 0.25) is 0 Å². The molecule has 4 nitrogen and oxygen atoms in total. The molecule has 204 valence electrons. The number of hydrogen-bond acceptors (Lipinski definition) is 4. The first kappa shape index (κ1) is 31.0. The summed E-state index contributed by atoms with van der Waals surface area (Å²) in [6.07, 6.45) is 4.95. The summed E-state index contributed by atoms with van der Waals surface area (Å²) in [6, 6.07) is 0. The number of halogens is 1. The largest absolute Gasteiger partial charge is 0.535 e. The highest BCUT2D eigenvalue weighted by Gasteiger charge is 2.72. The molecule has 3 atom stereocenters. The summed E-state index contributed by atoms with van der Waals surface area (Å²) in [4.78, 5) is 12.7. The molecule has 0 aromatic carbocycles. The minimum atomic E-state index is -3.47. The van der Waals surface area contributed by atoms with Crippen LogP contribution in [-0.2, 0) is 18.1 Å². The molecule has 0 aromatic heterocycles. The molecule has 0 N–H and O–H groups in total. The number of carbonyl (C=O) groups is 1. The van der Waals surface area contributed by atoms with E-state index >= 15 is 0 Å². The predicted molar refractivity (Wildman–Crippen MR) is 149 cm³/mol. The van der Waals surface area contributed by atoms with Crippen LogP contribution in [0.5, 0.6) is 0 Å². The molecule has 2 unspecified atom stereocenters. The molecule has 1 spiro atoms. The topological polar surface area (TPSA) is 44.8 Å². The summed E-state index contributed by atoms with van der Waals surface area (Å²) < 4.78 is 21.5. The summed E-state index contributed by atoms with van der Waals surface area (Å²) in [6.45, 7) is 29.0. The van der Waals surface area contributed by atoms with Gasteiger partial charge in [0.2, 0.25) is 0 Å². The molecule has 0 radical (unpaired) electrons. The number of aldehydes is 1. The van der Waals surface area contributed by atoms with Crippen molar-refractivity contribution in [2.75, 3.05) is 5.88 Å². The molecule has 0 saturated carbocycles. The third kappa shape index (κ3) is 6.11. The van der Waals surface area contributed by atoms with Crippen LogP contribution in [0.1, 0.15) is 122 Å². The van der Waals surface area contributed by atoms with Crippen molar-refractivity contribution in [3.63, 3.8) is 0 Å². The second-order valence-electron chi connectivity index (χ2n) is 15.2. The van der Waals surface area contributed by atoms with E-state index in [0.717, 1.165) is 42.7 Å². The Bertz CT molecular complexity index is 786. The van der Waals surface area contributed by atoms with Gasteiger partial charge in [0.15, 0.2) is 0 Å². The predicted octanol–water partition coefficient (Wildman–Crippen LogP) is 8.28. The van der Waals surface area contributed by atoms with E-state index in [2.05, 4.69) is 90.0 Å². The molecule has 0 bridgehead atoms. The molecular weight excluding hydrogens is 476 g/mol. The van der Waals surface area contributed by atoms with Crippen molar-refractivity contribution in [2.45, 2.75) is 139 Å². The first-order valence-electron chi connectivity index (χ1n) is 13.4. The Morgan fingerprint density at radius 3 is 1.80 bits per heavy atom. The lowest BCUT2D eigenvalue weighted by Gasteiger charge is -2.59. The van der Waals surface area contributed by atoms with Gasteiger partial charge in [0, 0.05) is 22.9 Å². The van der Waals surface area contributed by atoms with Gasteiger partial charge in [-0.15, -0.1) is 11.6 Å². The van der Waals surface area contributed by atoms with Crippen molar-refractivity contribution in [1.82, 2.24) is 0 Å². The van der Waals surface area contributed by atoms with Crippen LogP contribution >= 0.6 is 11.6 Å². The zero-order valence-electron chi connectivity index (χ0n) is 24.9. The Kier molecular flexibility index (Phi) is 8.72. The summed E-state index contributed by atoms with van der Waals surface area (Å²) in [5, 5.41) is 0.995. The molecule has 2 saturated heterocycles. The fraction of sp³-hybridized carbons (Fsp3) is 0.897. The van der Waals surface area contributed by atoms with E-state index in [9.17, 15) is 4.79 Å². The Morgan fingerprint density at radius 1 is 0.943 bits per heavy atom. The van der Waals surface area contributed by atoms with Crippen molar-refractivity contribution in [2.24, 2.45) is 21.7 Å². The van der Waals surface area contributed by atoms with Crippen LogP contribution in [0.3, 0.4) is 0 Å². The van der Waals surface area contributed by atoms with Crippen molar-refractivity contribution in [1.29, 1.82) is 0 Å². The fourth-order valence-corrected chi connectivity index (χ4v) is 10.3. The van der Waals surface area contributed by atoms with Crippen LogP contribution in [0.25, 0.3) is 0 Å². The number of allylic oxidation sites excluding steroid dienone is 1. The second kappa shape index (κ2) is 9.84. The van der Waals surface area contributed by atoms with E-state index < -0.39 is 20.0 Å². The Hall–Kier alpha value is -0.203. The van der Waals surface area contributed by atoms with Gasteiger partial charge in [-0.1, -0.05) is 76.2 Å². The monoisotopic (exact) mass is 528 g/mol. The van der Waals surface area contributed by atoms with Gasteiger partial charge in [-0.25, -0.2) is 0 Å². The van der Waals surface area contributed by atoms with E-state index in [1.165, 1.54) is 0 Å². The third-order valence-corrected chi connectivity index (χ3v) is 12.6. The minimum Gasteiger partial charge on any atom is -0.366 e. The van der Waals surface area contributed by atoms with Gasteiger partial charge in [0.25, 0.3) is 0 Å². The molecule has 2 fully saturated rings. The normalized spacial score (nSPS) is 35.4. The van der Waals surface area contributed by atoms with Crippen molar-refractivity contribution in [3.05, 3.63) is 10.8 Å². The molecule has 35 heavy (non-hydrogen) atoms. The lowest BCUT2D eigenvalue weighted by Crippen LogP contribution is -2.69. The summed E-state index contributed by atoms with van der Waals surface area (Å²) in [7, 11) is -3.47. The first-order valence-corrected chi connectivity index (χ1v) is 15.7. The highest BCUT2D eigenvalue weighted by Crippen LogP contribution is 2.60. The quantitative estimate of drug-likeness (QED) is 0.114. The summed E-state index contributed by atoms with van der Waals surface area (Å²) >= 11 is 5.99. The molecule has 2 aliphatic rings. The average molecular weight is 529 g/mol. The van der Waals surface area contributed by atoms with Gasteiger partial charge in [-0.3, -0.25) is 4.79 Å². The Morgan fingerprint density at radius 2 is 1.43 bits per heavy atom. The molecule has 0 amide bonds. The highest BCUT2D eigenvalue weighted by molar-refractivity contribution is 6.71. The lowest BCUT2D eigenvalue weighted by atomic mass is 9.66. The molecule has 0 aromatic rings. The van der Waals surface area contributed by atoms with Crippen molar-refractivity contribution in [3.8, 4) is 0 Å². The maximum Gasteiger partial charge on any atom is 0.535 e. The molecule has 2 rings (SSSR count). The van der Waals surface area contributed by atoms with Crippen LogP contribution in [0.15, 0.2) is 10.8 Å². The number of hydrogen-bond donors (Lipinski definition) is 0. The van der Waals surface area contributed by atoms with Gasteiger partial charge >= 0.3 is 8.80 Å². The number of alkyl halides is 1. The Balaban J connectivity index is 2.85. The SMILES string of the molecule is CC(C)(C)C[C@@H]1O[Si]2(OC(C)(C(C)(C)C)CC(C)(C(C)(C)C)O2)/C(=C(\C=O)CCCCCl)C1(C)C. The number of rotatable bonds is 6. The van der Waals surface area contributed by atoms with Gasteiger partial charge in [-0.2, -0.15) is 0 Å². The van der Waals surface area contributed by atoms with E-state index in [0.29, 0.717) is 12.3 Å². The average Bonchev–Trinajstić information content (AvgIpc) is 2.81. The van der Waals surface area contributed by atoms with E-state index in [-0.39, 0.29) is 27.8 Å². The zero-order valence-corrected chi connectivity index (χ0v) is 26.7. The van der Waals surface area contributed by atoms with Gasteiger partial charge < -0.3 is 13.3 Å². The minimum absolute atomic E-state index is 0.0578. The lowest BCUT2D eigenvalue weighted by molar-refractivity contribution is -0.205. The maximum atomic E-state index is 12.7. The number of carbonyl (C=O) groups excluding carboxylic acids is 1. The van der Waals surface area contributed by atoms with E-state index in [1.54, 1.807) is 0 Å². The van der Waals surface area contributed by atoms with E-state index in [1.807, 2.05) is 0 Å². The van der Waals surface area contributed by atoms with Crippen LogP contribution in [0, 0.1) is 21.7 Å². The summed E-state index contributed by atoms with van der Waals surface area (Å²) in [5.74, 6) is 0.591. The first-order chi connectivity index (χ1) is 15.6. The highest BCUT2D eigenvalue weighted by atomic mass is 35.5. The smallest absolute Gasteiger partial charge is 0.366 e. The van der Waals surface area contributed by atoms with Crippen LogP contribution in [-0.4, -0.2) is 38.3 Å². The van der Waals surface area contributed by atoms with Crippen molar-refractivity contribution < 1.29 is 18.1 Å².